The van der Waals surface area contributed by atoms with Crippen LogP contribution in [0.15, 0.2) is 6.20 Å². The summed E-state index contributed by atoms with van der Waals surface area (Å²) < 4.78 is 41.2. The molecule has 0 bridgehead atoms. The monoisotopic (exact) mass is 309 g/mol. The van der Waals surface area contributed by atoms with Crippen LogP contribution in [0.1, 0.15) is 12.8 Å². The molecule has 0 aliphatic carbocycles. The molecule has 1 saturated heterocycles. The topological polar surface area (TPSA) is 54.5 Å². The molecule has 112 valence electrons. The van der Waals surface area contributed by atoms with Gasteiger partial charge in [0.25, 0.3) is 0 Å². The number of hydrogen-bond donors (Lipinski definition) is 1. The molecule has 1 fully saturated rings. The van der Waals surface area contributed by atoms with Crippen molar-refractivity contribution in [1.29, 1.82) is 0 Å². The first-order chi connectivity index (χ1) is 9.44. The summed E-state index contributed by atoms with van der Waals surface area (Å²) in [6, 6.07) is 0. The third-order valence-electron chi connectivity index (χ3n) is 2.70. The van der Waals surface area contributed by atoms with Crippen LogP contribution in [-0.4, -0.2) is 43.4 Å². The van der Waals surface area contributed by atoms with E-state index in [4.69, 9.17) is 4.74 Å². The molecule has 1 amide bonds. The number of nitrogens with one attached hydrogen (secondary N) is 1. The van der Waals surface area contributed by atoms with Gasteiger partial charge >= 0.3 is 6.18 Å². The van der Waals surface area contributed by atoms with Crippen molar-refractivity contribution in [3.05, 3.63) is 6.20 Å². The minimum atomic E-state index is -4.32. The zero-order valence-electron chi connectivity index (χ0n) is 10.6. The maximum Gasteiger partial charge on any atom is 0.389 e. The first kappa shape index (κ1) is 15.0. The third kappa shape index (κ3) is 4.64. The van der Waals surface area contributed by atoms with E-state index in [2.05, 4.69) is 15.2 Å². The molecule has 1 aliphatic rings. The Morgan fingerprint density at radius 1 is 1.45 bits per heavy atom. The molecule has 1 aromatic heterocycles. The van der Waals surface area contributed by atoms with Crippen LogP contribution in [0.3, 0.4) is 0 Å². The molecule has 0 aromatic carbocycles. The zero-order chi connectivity index (χ0) is 14.6. The van der Waals surface area contributed by atoms with E-state index in [9.17, 15) is 18.0 Å². The smallest absolute Gasteiger partial charge is 0.378 e. The molecule has 2 rings (SSSR count). The molecule has 0 saturated carbocycles. The maximum atomic E-state index is 12.0. The van der Waals surface area contributed by atoms with Crippen molar-refractivity contribution < 1.29 is 22.7 Å². The van der Waals surface area contributed by atoms with Crippen molar-refractivity contribution in [3.8, 4) is 0 Å². The van der Waals surface area contributed by atoms with Crippen molar-refractivity contribution >= 4 is 27.4 Å². The molecule has 0 atom stereocenters. The van der Waals surface area contributed by atoms with Crippen molar-refractivity contribution in [2.45, 2.75) is 19.0 Å². The number of rotatable bonds is 4. The van der Waals surface area contributed by atoms with E-state index in [1.165, 1.54) is 11.3 Å². The van der Waals surface area contributed by atoms with Crippen LogP contribution in [0, 0.1) is 0 Å². The number of carbonyl (C=O) groups excluding carboxylic acids is 1. The fraction of sp³-hybridized carbons (Fsp3) is 0.636. The lowest BCUT2D eigenvalue weighted by atomic mass is 10.3. The Balaban J connectivity index is 1.84. The number of aromatic nitrogens is 1. The van der Waals surface area contributed by atoms with Crippen LogP contribution in [0.25, 0.3) is 0 Å². The van der Waals surface area contributed by atoms with Gasteiger partial charge < -0.3 is 15.0 Å². The molecule has 20 heavy (non-hydrogen) atoms. The second kappa shape index (κ2) is 6.40. The first-order valence-electron chi connectivity index (χ1n) is 6.09. The van der Waals surface area contributed by atoms with E-state index >= 15 is 0 Å². The standard InChI is InChI=1S/C11H14F3N3O2S/c12-11(13,14)2-1-8(18)16-10-15-7-9(20-10)17-3-5-19-6-4-17/h7H,1-6H2,(H,15,16,18). The number of ether oxygens (including phenoxy) is 1. The number of amides is 1. The summed E-state index contributed by atoms with van der Waals surface area (Å²) in [6.07, 6.45) is -4.43. The fourth-order valence-electron chi connectivity index (χ4n) is 1.69. The average Bonchev–Trinajstić information content (AvgIpc) is 2.85. The van der Waals surface area contributed by atoms with Gasteiger partial charge in [-0.15, -0.1) is 0 Å². The summed E-state index contributed by atoms with van der Waals surface area (Å²) in [7, 11) is 0. The van der Waals surface area contributed by atoms with Gasteiger partial charge in [-0.1, -0.05) is 11.3 Å². The second-order valence-electron chi connectivity index (χ2n) is 4.27. The Hall–Kier alpha value is -1.35. The largest absolute Gasteiger partial charge is 0.389 e. The summed E-state index contributed by atoms with van der Waals surface area (Å²) in [6.45, 7) is 2.74. The average molecular weight is 309 g/mol. The highest BCUT2D eigenvalue weighted by Gasteiger charge is 2.28. The van der Waals surface area contributed by atoms with E-state index in [1.807, 2.05) is 0 Å². The molecule has 1 aromatic rings. The van der Waals surface area contributed by atoms with Gasteiger partial charge in [0, 0.05) is 19.5 Å². The molecule has 0 unspecified atom stereocenters. The van der Waals surface area contributed by atoms with Crippen LogP contribution >= 0.6 is 11.3 Å². The summed E-state index contributed by atoms with van der Waals surface area (Å²) >= 11 is 1.25. The van der Waals surface area contributed by atoms with Gasteiger partial charge in [0.15, 0.2) is 5.13 Å². The highest BCUT2D eigenvalue weighted by Crippen LogP contribution is 2.28. The Kier molecular flexibility index (Phi) is 4.81. The van der Waals surface area contributed by atoms with Crippen LogP contribution in [0.5, 0.6) is 0 Å². The molecule has 2 heterocycles. The Labute approximate surface area is 117 Å². The molecule has 0 spiro atoms. The fourth-order valence-corrected chi connectivity index (χ4v) is 2.58. The summed E-state index contributed by atoms with van der Waals surface area (Å²) in [5.74, 6) is -0.676. The normalized spacial score (nSPS) is 16.2. The van der Waals surface area contributed by atoms with E-state index in [1.54, 1.807) is 6.20 Å². The minimum Gasteiger partial charge on any atom is -0.378 e. The lowest BCUT2D eigenvalue weighted by Gasteiger charge is -2.26. The van der Waals surface area contributed by atoms with Gasteiger partial charge in [-0.05, 0) is 0 Å². The molecule has 0 radical (unpaired) electrons. The lowest BCUT2D eigenvalue weighted by Crippen LogP contribution is -2.35. The van der Waals surface area contributed by atoms with Crippen molar-refractivity contribution in [2.24, 2.45) is 0 Å². The Bertz CT molecular complexity index is 458. The Morgan fingerprint density at radius 2 is 2.15 bits per heavy atom. The number of alkyl halides is 3. The number of carbonyl (C=O) groups is 1. The minimum absolute atomic E-state index is 0.318. The Morgan fingerprint density at radius 3 is 2.80 bits per heavy atom. The van der Waals surface area contributed by atoms with Crippen molar-refractivity contribution in [3.63, 3.8) is 0 Å². The van der Waals surface area contributed by atoms with Gasteiger partial charge in [0.1, 0.15) is 5.00 Å². The molecular formula is C11H14F3N3O2S. The maximum absolute atomic E-state index is 12.0. The van der Waals surface area contributed by atoms with E-state index < -0.39 is 24.9 Å². The van der Waals surface area contributed by atoms with E-state index in [0.717, 1.165) is 18.1 Å². The van der Waals surface area contributed by atoms with Gasteiger partial charge in [-0.2, -0.15) is 13.2 Å². The van der Waals surface area contributed by atoms with Crippen LogP contribution in [0.2, 0.25) is 0 Å². The lowest BCUT2D eigenvalue weighted by molar-refractivity contribution is -0.142. The number of hydrogen-bond acceptors (Lipinski definition) is 5. The summed E-state index contributed by atoms with van der Waals surface area (Å²) in [5.41, 5.74) is 0. The number of anilines is 2. The molecule has 1 aliphatic heterocycles. The van der Waals surface area contributed by atoms with Crippen molar-refractivity contribution in [2.75, 3.05) is 36.5 Å². The van der Waals surface area contributed by atoms with Crippen LogP contribution < -0.4 is 10.2 Å². The molecule has 1 N–H and O–H groups in total. The predicted octanol–water partition coefficient (Wildman–Crippen LogP) is 2.26. The number of nitrogens with zero attached hydrogens (tertiary/aromatic N) is 2. The van der Waals surface area contributed by atoms with Gasteiger partial charge in [0.05, 0.1) is 25.8 Å². The molecule has 5 nitrogen and oxygen atoms in total. The molecule has 9 heteroatoms. The van der Waals surface area contributed by atoms with Gasteiger partial charge in [-0.25, -0.2) is 4.98 Å². The van der Waals surface area contributed by atoms with Crippen LogP contribution in [0.4, 0.5) is 23.3 Å². The van der Waals surface area contributed by atoms with E-state index in [-0.39, 0.29) is 0 Å². The summed E-state index contributed by atoms with van der Waals surface area (Å²) in [4.78, 5) is 17.4. The summed E-state index contributed by atoms with van der Waals surface area (Å²) in [5, 5.41) is 3.58. The quantitative estimate of drug-likeness (QED) is 0.927. The highest BCUT2D eigenvalue weighted by atomic mass is 32.1. The van der Waals surface area contributed by atoms with Gasteiger partial charge in [-0.3, -0.25) is 4.79 Å². The van der Waals surface area contributed by atoms with Crippen LogP contribution in [-0.2, 0) is 9.53 Å². The highest BCUT2D eigenvalue weighted by molar-refractivity contribution is 7.19. The number of morpholine rings is 1. The molecular weight excluding hydrogens is 295 g/mol. The first-order valence-corrected chi connectivity index (χ1v) is 6.91. The predicted molar refractivity (Wildman–Crippen MR) is 69.1 cm³/mol. The van der Waals surface area contributed by atoms with Gasteiger partial charge in [0.2, 0.25) is 5.91 Å². The van der Waals surface area contributed by atoms with E-state index in [0.29, 0.717) is 18.3 Å². The third-order valence-corrected chi connectivity index (χ3v) is 3.67. The SMILES string of the molecule is O=C(CCC(F)(F)F)Nc1ncc(N2CCOCC2)s1. The zero-order valence-corrected chi connectivity index (χ0v) is 11.4. The number of thiazole rings is 1. The number of halogens is 3. The van der Waals surface area contributed by atoms with Crippen molar-refractivity contribution in [1.82, 2.24) is 4.98 Å². The second-order valence-corrected chi connectivity index (χ2v) is 5.28.